The van der Waals surface area contributed by atoms with Crippen molar-refractivity contribution in [3.05, 3.63) is 12.1 Å². The molecule has 1 aliphatic rings. The lowest BCUT2D eigenvalue weighted by Crippen LogP contribution is -2.26. The van der Waals surface area contributed by atoms with Gasteiger partial charge in [0.25, 0.3) is 0 Å². The van der Waals surface area contributed by atoms with Gasteiger partial charge >= 0.3 is 0 Å². The average Bonchev–Trinajstić information content (AvgIpc) is 2.87. The highest BCUT2D eigenvalue weighted by molar-refractivity contribution is 5.55. The lowest BCUT2D eigenvalue weighted by Gasteiger charge is -2.26. The van der Waals surface area contributed by atoms with Crippen LogP contribution in [0.5, 0.6) is 5.88 Å². The van der Waals surface area contributed by atoms with Crippen molar-refractivity contribution in [3.8, 4) is 5.88 Å². The van der Waals surface area contributed by atoms with Gasteiger partial charge in [0.15, 0.2) is 0 Å². The first-order chi connectivity index (χ1) is 9.14. The number of aromatic nitrogens is 1. The van der Waals surface area contributed by atoms with Crippen LogP contribution in [0.15, 0.2) is 12.1 Å². The maximum absolute atomic E-state index is 5.87. The molecule has 4 heteroatoms. The normalized spacial score (nSPS) is 17.7. The van der Waals surface area contributed by atoms with Crippen molar-refractivity contribution in [2.75, 3.05) is 30.3 Å². The van der Waals surface area contributed by atoms with Crippen molar-refractivity contribution >= 4 is 11.5 Å². The molecule has 0 unspecified atom stereocenters. The Hall–Kier alpha value is -1.45. The topological polar surface area (TPSA) is 51.4 Å². The Balaban J connectivity index is 2.17. The van der Waals surface area contributed by atoms with Crippen LogP contribution in [0.25, 0.3) is 0 Å². The number of nitrogen functional groups attached to an aromatic ring is 1. The highest BCUT2D eigenvalue weighted by Crippen LogP contribution is 2.39. The van der Waals surface area contributed by atoms with Gasteiger partial charge < -0.3 is 15.4 Å². The number of rotatable bonds is 5. The third kappa shape index (κ3) is 2.77. The molecule has 1 aliphatic heterocycles. The molecule has 1 fully saturated rings. The molecule has 4 nitrogen and oxygen atoms in total. The van der Waals surface area contributed by atoms with Gasteiger partial charge in [0.1, 0.15) is 5.82 Å². The van der Waals surface area contributed by atoms with Gasteiger partial charge in [0, 0.05) is 13.1 Å². The van der Waals surface area contributed by atoms with E-state index >= 15 is 0 Å². The van der Waals surface area contributed by atoms with Crippen molar-refractivity contribution < 1.29 is 4.74 Å². The number of hydrogen-bond acceptors (Lipinski definition) is 4. The Kier molecular flexibility index (Phi) is 4.17. The lowest BCUT2D eigenvalue weighted by atomic mass is 9.82. The van der Waals surface area contributed by atoms with Gasteiger partial charge in [-0.3, -0.25) is 0 Å². The van der Waals surface area contributed by atoms with Crippen LogP contribution in [0.2, 0.25) is 0 Å². The maximum Gasteiger partial charge on any atom is 0.239 e. The molecule has 106 valence electrons. The molecular weight excluding hydrogens is 238 g/mol. The predicted octanol–water partition coefficient (Wildman–Crippen LogP) is 3.08. The van der Waals surface area contributed by atoms with Crippen LogP contribution in [0.1, 0.15) is 40.0 Å². The van der Waals surface area contributed by atoms with Gasteiger partial charge in [-0.15, -0.1) is 0 Å². The molecule has 2 rings (SSSR count). The van der Waals surface area contributed by atoms with E-state index in [1.807, 2.05) is 19.1 Å². The van der Waals surface area contributed by atoms with Gasteiger partial charge in [-0.2, -0.15) is 4.98 Å². The minimum absolute atomic E-state index is 0.453. The van der Waals surface area contributed by atoms with Crippen LogP contribution in [-0.2, 0) is 0 Å². The van der Waals surface area contributed by atoms with E-state index < -0.39 is 0 Å². The largest absolute Gasteiger partial charge is 0.476 e. The fraction of sp³-hybridized carbons (Fsp3) is 0.667. The second-order valence-corrected chi connectivity index (χ2v) is 5.38. The molecule has 0 radical (unpaired) electrons. The summed E-state index contributed by atoms with van der Waals surface area (Å²) in [5, 5.41) is 0. The molecule has 2 heterocycles. The van der Waals surface area contributed by atoms with Gasteiger partial charge in [-0.05, 0) is 43.7 Å². The molecule has 0 saturated carbocycles. The summed E-state index contributed by atoms with van der Waals surface area (Å²) in [7, 11) is 0. The Morgan fingerprint density at radius 3 is 2.63 bits per heavy atom. The minimum Gasteiger partial charge on any atom is -0.476 e. The zero-order valence-electron chi connectivity index (χ0n) is 12.3. The van der Waals surface area contributed by atoms with Crippen molar-refractivity contribution in [3.63, 3.8) is 0 Å². The summed E-state index contributed by atoms with van der Waals surface area (Å²) in [6, 6.07) is 3.89. The molecule has 19 heavy (non-hydrogen) atoms. The SMILES string of the molecule is CCOc1nc(N2CCC(CC)(CC)C2)ccc1N. The Bertz CT molecular complexity index is 429. The quantitative estimate of drug-likeness (QED) is 0.887. The molecule has 2 N–H and O–H groups in total. The molecule has 0 bridgehead atoms. The summed E-state index contributed by atoms with van der Waals surface area (Å²) in [6.07, 6.45) is 3.70. The van der Waals surface area contributed by atoms with Crippen molar-refractivity contribution in [2.24, 2.45) is 5.41 Å². The first kappa shape index (κ1) is 14.0. The van der Waals surface area contributed by atoms with Gasteiger partial charge in [0.2, 0.25) is 5.88 Å². The van der Waals surface area contributed by atoms with Gasteiger partial charge in [-0.25, -0.2) is 0 Å². The number of anilines is 2. The summed E-state index contributed by atoms with van der Waals surface area (Å²) in [5.74, 6) is 1.55. The maximum atomic E-state index is 5.87. The molecule has 0 atom stereocenters. The van der Waals surface area contributed by atoms with Crippen LogP contribution in [0.3, 0.4) is 0 Å². The van der Waals surface area contributed by atoms with Crippen LogP contribution in [-0.4, -0.2) is 24.7 Å². The van der Waals surface area contributed by atoms with Crippen LogP contribution < -0.4 is 15.4 Å². The van der Waals surface area contributed by atoms with Crippen molar-refractivity contribution in [2.45, 2.75) is 40.0 Å². The van der Waals surface area contributed by atoms with E-state index in [0.717, 1.165) is 18.9 Å². The lowest BCUT2D eigenvalue weighted by molar-refractivity contribution is 0.301. The first-order valence-electron chi connectivity index (χ1n) is 7.28. The van der Waals surface area contributed by atoms with E-state index in [1.165, 1.54) is 19.3 Å². The molecule has 0 amide bonds. The van der Waals surface area contributed by atoms with E-state index in [1.54, 1.807) is 0 Å². The van der Waals surface area contributed by atoms with E-state index in [-0.39, 0.29) is 0 Å². The average molecular weight is 263 g/mol. The summed E-state index contributed by atoms with van der Waals surface area (Å²) in [4.78, 5) is 6.91. The highest BCUT2D eigenvalue weighted by atomic mass is 16.5. The molecule has 0 aromatic carbocycles. The molecule has 1 aromatic rings. The third-order valence-corrected chi connectivity index (χ3v) is 4.42. The summed E-state index contributed by atoms with van der Waals surface area (Å²) >= 11 is 0. The van der Waals surface area contributed by atoms with Gasteiger partial charge in [0.05, 0.1) is 12.3 Å². The van der Waals surface area contributed by atoms with E-state index in [0.29, 0.717) is 23.6 Å². The van der Waals surface area contributed by atoms with Crippen molar-refractivity contribution in [1.29, 1.82) is 0 Å². The van der Waals surface area contributed by atoms with E-state index in [9.17, 15) is 0 Å². The minimum atomic E-state index is 0.453. The van der Waals surface area contributed by atoms with E-state index in [4.69, 9.17) is 10.5 Å². The summed E-state index contributed by atoms with van der Waals surface area (Å²) in [6.45, 7) is 9.27. The third-order valence-electron chi connectivity index (χ3n) is 4.42. The van der Waals surface area contributed by atoms with E-state index in [2.05, 4.69) is 23.7 Å². The van der Waals surface area contributed by atoms with Crippen LogP contribution in [0, 0.1) is 5.41 Å². The smallest absolute Gasteiger partial charge is 0.239 e. The number of pyridine rings is 1. The van der Waals surface area contributed by atoms with Crippen molar-refractivity contribution in [1.82, 2.24) is 4.98 Å². The van der Waals surface area contributed by atoms with Gasteiger partial charge in [-0.1, -0.05) is 13.8 Å². The zero-order chi connectivity index (χ0) is 13.9. The monoisotopic (exact) mass is 263 g/mol. The first-order valence-corrected chi connectivity index (χ1v) is 7.28. The Morgan fingerprint density at radius 1 is 1.32 bits per heavy atom. The molecular formula is C15H25N3O. The Morgan fingerprint density at radius 2 is 2.05 bits per heavy atom. The Labute approximate surface area is 116 Å². The fourth-order valence-corrected chi connectivity index (χ4v) is 2.83. The molecule has 0 aliphatic carbocycles. The number of nitrogens with two attached hydrogens (primary N) is 1. The summed E-state index contributed by atoms with van der Waals surface area (Å²) < 4.78 is 5.48. The molecule has 1 aromatic heterocycles. The second-order valence-electron chi connectivity index (χ2n) is 5.38. The number of ether oxygens (including phenoxy) is 1. The highest BCUT2D eigenvalue weighted by Gasteiger charge is 2.35. The molecule has 1 saturated heterocycles. The summed E-state index contributed by atoms with van der Waals surface area (Å²) in [5.41, 5.74) is 6.94. The number of hydrogen-bond donors (Lipinski definition) is 1. The molecule has 0 spiro atoms. The predicted molar refractivity (Wildman–Crippen MR) is 79.7 cm³/mol. The second kappa shape index (κ2) is 5.68. The fourth-order valence-electron chi connectivity index (χ4n) is 2.83. The van der Waals surface area contributed by atoms with Crippen LogP contribution in [0.4, 0.5) is 11.5 Å². The standard InChI is InChI=1S/C15H25N3O/c1-4-15(5-2)9-10-18(11-15)13-8-7-12(16)14(17-13)19-6-3/h7-8H,4-6,9-11,16H2,1-3H3. The number of nitrogens with zero attached hydrogens (tertiary/aromatic N) is 2. The zero-order valence-corrected chi connectivity index (χ0v) is 12.3. The van der Waals surface area contributed by atoms with Crippen LogP contribution >= 0.6 is 0 Å².